The molecule has 0 aromatic heterocycles. The van der Waals surface area contributed by atoms with Gasteiger partial charge >= 0.3 is 5.97 Å². The van der Waals surface area contributed by atoms with E-state index in [1.165, 1.54) is 19.2 Å². The normalized spacial score (nSPS) is 15.3. The first-order valence-corrected chi connectivity index (χ1v) is 10.2. The summed E-state index contributed by atoms with van der Waals surface area (Å²) in [6, 6.07) is 11.1. The summed E-state index contributed by atoms with van der Waals surface area (Å²) in [5.74, 6) is -2.85. The van der Waals surface area contributed by atoms with Crippen molar-refractivity contribution in [1.29, 1.82) is 0 Å². The van der Waals surface area contributed by atoms with Gasteiger partial charge in [-0.3, -0.25) is 29.6 Å². The van der Waals surface area contributed by atoms with E-state index in [1.54, 1.807) is 30.3 Å². The molecular formula is C21H19Cl2N3O6. The number of nitrogens with one attached hydrogen (secondary N) is 2. The molecule has 2 aromatic rings. The second-order valence-corrected chi connectivity index (χ2v) is 7.67. The Balaban J connectivity index is 1.52. The average molecular weight is 480 g/mol. The smallest absolute Gasteiger partial charge is 0.311 e. The van der Waals surface area contributed by atoms with Gasteiger partial charge in [-0.2, -0.15) is 0 Å². The first-order chi connectivity index (χ1) is 15.3. The molecule has 2 N–H and O–H groups in total. The Bertz CT molecular complexity index is 1060. The van der Waals surface area contributed by atoms with Crippen LogP contribution in [0.1, 0.15) is 16.8 Å². The van der Waals surface area contributed by atoms with Crippen LogP contribution in [0.5, 0.6) is 5.75 Å². The van der Waals surface area contributed by atoms with Crippen molar-refractivity contribution in [1.82, 2.24) is 10.4 Å². The molecule has 1 atom stereocenters. The second kappa shape index (κ2) is 10.3. The highest BCUT2D eigenvalue weighted by Crippen LogP contribution is 2.25. The number of rotatable bonds is 7. The number of hydrazine groups is 1. The molecule has 2 aromatic carbocycles. The van der Waals surface area contributed by atoms with Gasteiger partial charge in [0.05, 0.1) is 35.8 Å². The molecule has 1 heterocycles. The van der Waals surface area contributed by atoms with Gasteiger partial charge in [-0.1, -0.05) is 35.3 Å². The van der Waals surface area contributed by atoms with Gasteiger partial charge in [0.25, 0.3) is 11.8 Å². The highest BCUT2D eigenvalue weighted by molar-refractivity contribution is 6.35. The predicted molar refractivity (Wildman–Crippen MR) is 116 cm³/mol. The standard InChI is InChI=1S/C21H19Cl2N3O6/c1-31-17-5-3-2-4-14(17)20(29)25-26-10-12(8-19(26)28)21(30)32-11-18(27)24-16-9-13(22)6-7-15(16)23/h2-7,9,12H,8,10-11H2,1H3,(H,24,27)(H,25,29)/t12-/m0/s1. The van der Waals surface area contributed by atoms with Gasteiger partial charge in [0, 0.05) is 11.4 Å². The van der Waals surface area contributed by atoms with Gasteiger partial charge in [-0.15, -0.1) is 0 Å². The number of ether oxygens (including phenoxy) is 2. The molecule has 0 saturated carbocycles. The Kier molecular flexibility index (Phi) is 7.55. The zero-order valence-electron chi connectivity index (χ0n) is 16.9. The van der Waals surface area contributed by atoms with Crippen molar-refractivity contribution < 1.29 is 28.7 Å². The molecule has 0 unspecified atom stereocenters. The van der Waals surface area contributed by atoms with Crippen LogP contribution in [0, 0.1) is 5.92 Å². The zero-order valence-corrected chi connectivity index (χ0v) is 18.4. The van der Waals surface area contributed by atoms with Gasteiger partial charge in [0.15, 0.2) is 6.61 Å². The molecular weight excluding hydrogens is 461 g/mol. The number of esters is 1. The maximum atomic E-state index is 12.5. The van der Waals surface area contributed by atoms with Gasteiger partial charge in [0.1, 0.15) is 5.75 Å². The molecule has 0 aliphatic carbocycles. The molecule has 3 rings (SSSR count). The lowest BCUT2D eigenvalue weighted by Crippen LogP contribution is -2.43. The van der Waals surface area contributed by atoms with Gasteiger partial charge in [-0.25, -0.2) is 0 Å². The molecule has 0 radical (unpaired) electrons. The molecule has 1 fully saturated rings. The molecule has 3 amide bonds. The third-order valence-electron chi connectivity index (χ3n) is 4.59. The number of para-hydroxylation sites is 1. The van der Waals surface area contributed by atoms with Crippen molar-refractivity contribution in [2.24, 2.45) is 5.92 Å². The van der Waals surface area contributed by atoms with Crippen molar-refractivity contribution in [3.8, 4) is 5.75 Å². The highest BCUT2D eigenvalue weighted by atomic mass is 35.5. The Morgan fingerprint density at radius 3 is 2.66 bits per heavy atom. The van der Waals surface area contributed by atoms with E-state index in [0.29, 0.717) is 10.8 Å². The van der Waals surface area contributed by atoms with Gasteiger partial charge in [0.2, 0.25) is 5.91 Å². The van der Waals surface area contributed by atoms with Crippen molar-refractivity contribution >= 4 is 52.6 Å². The Hall–Kier alpha value is -3.30. The number of amides is 3. The van der Waals surface area contributed by atoms with E-state index in [-0.39, 0.29) is 29.2 Å². The molecule has 32 heavy (non-hydrogen) atoms. The van der Waals surface area contributed by atoms with E-state index in [2.05, 4.69) is 10.7 Å². The minimum absolute atomic E-state index is 0.0830. The lowest BCUT2D eigenvalue weighted by atomic mass is 10.1. The number of halogens is 2. The van der Waals surface area contributed by atoms with Crippen LogP contribution in [0.15, 0.2) is 42.5 Å². The lowest BCUT2D eigenvalue weighted by molar-refractivity contribution is -0.151. The van der Waals surface area contributed by atoms with Crippen molar-refractivity contribution in [3.05, 3.63) is 58.1 Å². The van der Waals surface area contributed by atoms with E-state index in [0.717, 1.165) is 5.01 Å². The van der Waals surface area contributed by atoms with Crippen LogP contribution in [0.4, 0.5) is 5.69 Å². The van der Waals surface area contributed by atoms with Crippen molar-refractivity contribution in [2.75, 3.05) is 25.6 Å². The summed E-state index contributed by atoms with van der Waals surface area (Å²) in [6.45, 7) is -0.653. The minimum atomic E-state index is -0.831. The van der Waals surface area contributed by atoms with E-state index in [1.807, 2.05) is 0 Å². The number of nitrogens with zero attached hydrogens (tertiary/aromatic N) is 1. The molecule has 11 heteroatoms. The molecule has 0 spiro atoms. The third-order valence-corrected chi connectivity index (χ3v) is 5.16. The van der Waals surface area contributed by atoms with E-state index >= 15 is 0 Å². The molecule has 0 bridgehead atoms. The van der Waals surface area contributed by atoms with Gasteiger partial charge in [-0.05, 0) is 30.3 Å². The summed E-state index contributed by atoms with van der Waals surface area (Å²) in [6.07, 6.45) is -0.160. The SMILES string of the molecule is COc1ccccc1C(=O)NN1C[C@@H](C(=O)OCC(=O)Nc2cc(Cl)ccc2Cl)CC1=O. The Morgan fingerprint density at radius 1 is 1.16 bits per heavy atom. The summed E-state index contributed by atoms with van der Waals surface area (Å²) in [7, 11) is 1.43. The van der Waals surface area contributed by atoms with E-state index < -0.39 is 36.2 Å². The van der Waals surface area contributed by atoms with E-state index in [4.69, 9.17) is 32.7 Å². The van der Waals surface area contributed by atoms with Crippen molar-refractivity contribution in [2.45, 2.75) is 6.42 Å². The number of hydrogen-bond acceptors (Lipinski definition) is 6. The summed E-state index contributed by atoms with van der Waals surface area (Å²) in [4.78, 5) is 49.1. The topological polar surface area (TPSA) is 114 Å². The zero-order chi connectivity index (χ0) is 23.3. The fourth-order valence-electron chi connectivity index (χ4n) is 3.02. The van der Waals surface area contributed by atoms with Crippen molar-refractivity contribution in [3.63, 3.8) is 0 Å². The first-order valence-electron chi connectivity index (χ1n) is 9.44. The minimum Gasteiger partial charge on any atom is -0.496 e. The second-order valence-electron chi connectivity index (χ2n) is 6.83. The van der Waals surface area contributed by atoms with Crippen LogP contribution in [-0.2, 0) is 19.1 Å². The van der Waals surface area contributed by atoms with Crippen LogP contribution >= 0.6 is 23.2 Å². The van der Waals surface area contributed by atoms with Crippen LogP contribution < -0.4 is 15.5 Å². The van der Waals surface area contributed by atoms with Crippen LogP contribution in [0.25, 0.3) is 0 Å². The van der Waals surface area contributed by atoms with Crippen LogP contribution in [0.3, 0.4) is 0 Å². The predicted octanol–water partition coefficient (Wildman–Crippen LogP) is 2.68. The quantitative estimate of drug-likeness (QED) is 0.590. The lowest BCUT2D eigenvalue weighted by Gasteiger charge is -2.18. The third kappa shape index (κ3) is 5.68. The van der Waals surface area contributed by atoms with Crippen LogP contribution in [-0.4, -0.2) is 49.0 Å². The summed E-state index contributed by atoms with van der Waals surface area (Å²) < 4.78 is 10.2. The van der Waals surface area contributed by atoms with E-state index in [9.17, 15) is 19.2 Å². The number of methoxy groups -OCH3 is 1. The fourth-order valence-corrected chi connectivity index (χ4v) is 3.36. The number of hydrogen-bond donors (Lipinski definition) is 2. The maximum Gasteiger partial charge on any atom is 0.311 e. The monoisotopic (exact) mass is 479 g/mol. The molecule has 1 aliphatic heterocycles. The first kappa shape index (κ1) is 23.4. The fraction of sp³-hybridized carbons (Fsp3) is 0.238. The number of carbonyl (C=O) groups is 4. The number of benzene rings is 2. The van der Waals surface area contributed by atoms with Crippen LogP contribution in [0.2, 0.25) is 10.0 Å². The van der Waals surface area contributed by atoms with Gasteiger partial charge < -0.3 is 14.8 Å². The average Bonchev–Trinajstić information content (AvgIpc) is 3.14. The highest BCUT2D eigenvalue weighted by Gasteiger charge is 2.37. The molecule has 168 valence electrons. The number of anilines is 1. The summed E-state index contributed by atoms with van der Waals surface area (Å²) in [5, 5.41) is 4.19. The summed E-state index contributed by atoms with van der Waals surface area (Å²) >= 11 is 11.8. The largest absolute Gasteiger partial charge is 0.496 e. The summed E-state index contributed by atoms with van der Waals surface area (Å²) in [5.41, 5.74) is 2.98. The number of carbonyl (C=O) groups excluding carboxylic acids is 4. The molecule has 1 aliphatic rings. The molecule has 9 nitrogen and oxygen atoms in total. The maximum absolute atomic E-state index is 12.5. The Labute approximate surface area is 193 Å². The Morgan fingerprint density at radius 2 is 1.91 bits per heavy atom. The molecule has 1 saturated heterocycles.